The molecule has 10 heteroatoms. The average Bonchev–Trinajstić information content (AvgIpc) is 2.87. The number of thioether (sulfide) groups is 1. The quantitative estimate of drug-likeness (QED) is 0.394. The molecular formula is C24H26N4O5S. The molecule has 0 atom stereocenters. The molecule has 1 aliphatic rings. The van der Waals surface area contributed by atoms with E-state index in [-0.39, 0.29) is 23.3 Å². The summed E-state index contributed by atoms with van der Waals surface area (Å²) in [7, 11) is 1.55. The van der Waals surface area contributed by atoms with E-state index >= 15 is 0 Å². The Morgan fingerprint density at radius 1 is 1.00 bits per heavy atom. The molecule has 0 N–H and O–H groups in total. The van der Waals surface area contributed by atoms with Crippen LogP contribution in [0.4, 0.5) is 4.79 Å². The first-order valence-electron chi connectivity index (χ1n) is 11.0. The minimum Gasteiger partial charge on any atom is -0.495 e. The molecule has 2 aromatic carbocycles. The van der Waals surface area contributed by atoms with Gasteiger partial charge in [-0.3, -0.25) is 14.2 Å². The van der Waals surface area contributed by atoms with Gasteiger partial charge in [0, 0.05) is 26.2 Å². The number of ether oxygens (including phenoxy) is 2. The molecular weight excluding hydrogens is 456 g/mol. The van der Waals surface area contributed by atoms with Crippen molar-refractivity contribution >= 4 is 34.7 Å². The molecule has 0 unspecified atom stereocenters. The fourth-order valence-electron chi connectivity index (χ4n) is 3.81. The fourth-order valence-corrected chi connectivity index (χ4v) is 4.72. The number of piperazine rings is 1. The third kappa shape index (κ3) is 4.86. The van der Waals surface area contributed by atoms with Crippen LogP contribution in [0.25, 0.3) is 16.6 Å². The summed E-state index contributed by atoms with van der Waals surface area (Å²) < 4.78 is 12.0. The zero-order valence-electron chi connectivity index (χ0n) is 19.1. The van der Waals surface area contributed by atoms with Crippen LogP contribution in [0, 0.1) is 0 Å². The number of fused-ring (bicyclic) bond motifs is 1. The molecule has 2 amide bonds. The Balaban J connectivity index is 1.57. The molecule has 1 aromatic heterocycles. The predicted octanol–water partition coefficient (Wildman–Crippen LogP) is 2.79. The Kier molecular flexibility index (Phi) is 7.36. The van der Waals surface area contributed by atoms with E-state index in [2.05, 4.69) is 0 Å². The maximum atomic E-state index is 13.4. The molecule has 2 heterocycles. The smallest absolute Gasteiger partial charge is 0.409 e. The van der Waals surface area contributed by atoms with Crippen molar-refractivity contribution in [2.45, 2.75) is 12.1 Å². The molecule has 9 nitrogen and oxygen atoms in total. The van der Waals surface area contributed by atoms with Gasteiger partial charge >= 0.3 is 6.09 Å². The number of rotatable bonds is 6. The number of carbonyl (C=O) groups is 2. The van der Waals surface area contributed by atoms with E-state index in [1.807, 2.05) is 18.2 Å². The number of hydrogen-bond acceptors (Lipinski definition) is 7. The summed E-state index contributed by atoms with van der Waals surface area (Å²) in [6, 6.07) is 14.4. The predicted molar refractivity (Wildman–Crippen MR) is 130 cm³/mol. The first-order valence-corrected chi connectivity index (χ1v) is 12.0. The lowest BCUT2D eigenvalue weighted by atomic mass is 10.2. The summed E-state index contributed by atoms with van der Waals surface area (Å²) >= 11 is 1.21. The van der Waals surface area contributed by atoms with Crippen LogP contribution in [0.5, 0.6) is 5.75 Å². The van der Waals surface area contributed by atoms with Gasteiger partial charge in [0.2, 0.25) is 5.91 Å². The lowest BCUT2D eigenvalue weighted by molar-refractivity contribution is -0.129. The van der Waals surface area contributed by atoms with E-state index in [1.54, 1.807) is 54.2 Å². The van der Waals surface area contributed by atoms with Crippen molar-refractivity contribution in [1.29, 1.82) is 0 Å². The minimum atomic E-state index is -0.356. The Morgan fingerprint density at radius 3 is 2.41 bits per heavy atom. The number of carbonyl (C=O) groups excluding carboxylic acids is 2. The maximum absolute atomic E-state index is 13.4. The van der Waals surface area contributed by atoms with Crippen molar-refractivity contribution in [1.82, 2.24) is 19.4 Å². The van der Waals surface area contributed by atoms with Crippen molar-refractivity contribution in [3.8, 4) is 11.4 Å². The van der Waals surface area contributed by atoms with Crippen LogP contribution < -0.4 is 10.3 Å². The Labute approximate surface area is 201 Å². The van der Waals surface area contributed by atoms with E-state index in [1.165, 1.54) is 16.3 Å². The highest BCUT2D eigenvalue weighted by Crippen LogP contribution is 2.27. The standard InChI is InChI=1S/C24H26N4O5S/c1-3-33-24(31)27-14-12-26(13-15-27)21(29)16-34-23-25-18-9-5-4-8-17(18)22(30)28(23)19-10-6-7-11-20(19)32-2/h4-11H,3,12-16H2,1-2H3. The highest BCUT2D eigenvalue weighted by Gasteiger charge is 2.25. The number of methoxy groups -OCH3 is 1. The maximum Gasteiger partial charge on any atom is 0.409 e. The third-order valence-electron chi connectivity index (χ3n) is 5.55. The molecule has 3 aromatic rings. The van der Waals surface area contributed by atoms with Gasteiger partial charge in [-0.15, -0.1) is 0 Å². The molecule has 0 spiro atoms. The van der Waals surface area contributed by atoms with Crippen LogP contribution in [-0.2, 0) is 9.53 Å². The van der Waals surface area contributed by atoms with Gasteiger partial charge < -0.3 is 19.3 Å². The summed E-state index contributed by atoms with van der Waals surface area (Å²) in [5, 5.41) is 0.894. The monoisotopic (exact) mass is 482 g/mol. The van der Waals surface area contributed by atoms with Crippen LogP contribution in [0.1, 0.15) is 6.92 Å². The van der Waals surface area contributed by atoms with E-state index in [0.29, 0.717) is 60.3 Å². The molecule has 0 saturated carbocycles. The van der Waals surface area contributed by atoms with Crippen LogP contribution in [0.2, 0.25) is 0 Å². The second kappa shape index (κ2) is 10.6. The molecule has 178 valence electrons. The van der Waals surface area contributed by atoms with Crippen molar-refractivity contribution in [2.24, 2.45) is 0 Å². The largest absolute Gasteiger partial charge is 0.495 e. The average molecular weight is 483 g/mol. The number of aromatic nitrogens is 2. The van der Waals surface area contributed by atoms with Crippen LogP contribution in [-0.4, -0.2) is 77.0 Å². The van der Waals surface area contributed by atoms with Gasteiger partial charge in [0.1, 0.15) is 5.75 Å². The van der Waals surface area contributed by atoms with Crippen LogP contribution in [0.15, 0.2) is 58.5 Å². The van der Waals surface area contributed by atoms with Gasteiger partial charge in [0.05, 0.1) is 36.1 Å². The molecule has 1 saturated heterocycles. The molecule has 0 radical (unpaired) electrons. The number of para-hydroxylation sites is 3. The number of hydrogen-bond donors (Lipinski definition) is 0. The second-order valence-corrected chi connectivity index (χ2v) is 8.52. The van der Waals surface area contributed by atoms with Gasteiger partial charge in [-0.1, -0.05) is 36.0 Å². The molecule has 0 aliphatic carbocycles. The molecule has 1 aliphatic heterocycles. The SMILES string of the molecule is CCOC(=O)N1CCN(C(=O)CSc2nc3ccccc3c(=O)n2-c2ccccc2OC)CC1. The zero-order chi connectivity index (χ0) is 24.1. The third-order valence-corrected chi connectivity index (χ3v) is 6.48. The normalized spacial score (nSPS) is 13.7. The van der Waals surface area contributed by atoms with Crippen LogP contribution >= 0.6 is 11.8 Å². The highest BCUT2D eigenvalue weighted by molar-refractivity contribution is 7.99. The van der Waals surface area contributed by atoms with Gasteiger partial charge in [0.25, 0.3) is 5.56 Å². The van der Waals surface area contributed by atoms with E-state index in [4.69, 9.17) is 14.5 Å². The number of nitrogens with zero attached hydrogens (tertiary/aromatic N) is 4. The summed E-state index contributed by atoms with van der Waals surface area (Å²) in [6.45, 7) is 3.80. The van der Waals surface area contributed by atoms with Crippen molar-refractivity contribution in [2.75, 3.05) is 45.6 Å². The summed E-state index contributed by atoms with van der Waals surface area (Å²) in [5.41, 5.74) is 0.899. The first-order chi connectivity index (χ1) is 16.5. The Hall–Kier alpha value is -3.53. The van der Waals surface area contributed by atoms with E-state index < -0.39 is 0 Å². The number of benzene rings is 2. The zero-order valence-corrected chi connectivity index (χ0v) is 19.9. The highest BCUT2D eigenvalue weighted by atomic mass is 32.2. The van der Waals surface area contributed by atoms with Gasteiger partial charge in [0.15, 0.2) is 5.16 Å². The molecule has 0 bridgehead atoms. The van der Waals surface area contributed by atoms with Gasteiger partial charge in [-0.25, -0.2) is 9.78 Å². The summed E-state index contributed by atoms with van der Waals surface area (Å²) in [5.74, 6) is 0.562. The topological polar surface area (TPSA) is 94.0 Å². The van der Waals surface area contributed by atoms with Crippen molar-refractivity contribution in [3.05, 3.63) is 58.9 Å². The molecule has 4 rings (SSSR count). The summed E-state index contributed by atoms with van der Waals surface area (Å²) in [6.07, 6.45) is -0.356. The molecule has 1 fully saturated rings. The Bertz CT molecular complexity index is 1250. The lowest BCUT2D eigenvalue weighted by Gasteiger charge is -2.34. The van der Waals surface area contributed by atoms with Crippen molar-refractivity contribution < 1.29 is 19.1 Å². The Morgan fingerprint density at radius 2 is 1.68 bits per heavy atom. The minimum absolute atomic E-state index is 0.0810. The van der Waals surface area contributed by atoms with Crippen LogP contribution in [0.3, 0.4) is 0 Å². The number of amides is 2. The first kappa shape index (κ1) is 23.6. The van der Waals surface area contributed by atoms with Gasteiger partial charge in [-0.05, 0) is 31.2 Å². The summed E-state index contributed by atoms with van der Waals surface area (Å²) in [4.78, 5) is 46.3. The molecule has 34 heavy (non-hydrogen) atoms. The lowest BCUT2D eigenvalue weighted by Crippen LogP contribution is -2.51. The van der Waals surface area contributed by atoms with E-state index in [9.17, 15) is 14.4 Å². The second-order valence-electron chi connectivity index (χ2n) is 7.58. The van der Waals surface area contributed by atoms with Gasteiger partial charge in [-0.2, -0.15) is 0 Å². The van der Waals surface area contributed by atoms with Crippen molar-refractivity contribution in [3.63, 3.8) is 0 Å². The van der Waals surface area contributed by atoms with E-state index in [0.717, 1.165) is 0 Å². The fraction of sp³-hybridized carbons (Fsp3) is 0.333.